The summed E-state index contributed by atoms with van der Waals surface area (Å²) in [6, 6.07) is 2.46. The van der Waals surface area contributed by atoms with Crippen LogP contribution in [-0.4, -0.2) is 65.1 Å². The Balaban J connectivity index is 1.35. The first-order valence-electron chi connectivity index (χ1n) is 8.74. The molecule has 3 aliphatic rings. The molecule has 5 heteroatoms. The van der Waals surface area contributed by atoms with E-state index in [9.17, 15) is 4.79 Å². The summed E-state index contributed by atoms with van der Waals surface area (Å²) in [5.74, 6) is 0.0804. The highest BCUT2D eigenvalue weighted by atomic mass is 16.5. The maximum absolute atomic E-state index is 12.5. The minimum Gasteiger partial charge on any atom is -0.370 e. The fourth-order valence-electron chi connectivity index (χ4n) is 4.21. The van der Waals surface area contributed by atoms with Crippen LogP contribution in [0.5, 0.6) is 0 Å². The molecule has 0 aliphatic carbocycles. The van der Waals surface area contributed by atoms with Crippen molar-refractivity contribution in [2.45, 2.75) is 44.2 Å². The zero-order valence-corrected chi connectivity index (χ0v) is 13.8. The van der Waals surface area contributed by atoms with Gasteiger partial charge in [0.2, 0.25) is 0 Å². The van der Waals surface area contributed by atoms with Gasteiger partial charge < -0.3 is 9.64 Å². The second kappa shape index (κ2) is 5.87. The van der Waals surface area contributed by atoms with Gasteiger partial charge in [0.25, 0.3) is 5.91 Å². The van der Waals surface area contributed by atoms with E-state index >= 15 is 0 Å². The molecule has 4 heterocycles. The molecule has 1 amide bonds. The molecule has 1 unspecified atom stereocenters. The summed E-state index contributed by atoms with van der Waals surface area (Å²) < 4.78 is 6.13. The number of hydrogen-bond acceptors (Lipinski definition) is 4. The molecule has 124 valence electrons. The van der Waals surface area contributed by atoms with E-state index in [-0.39, 0.29) is 11.5 Å². The van der Waals surface area contributed by atoms with Crippen LogP contribution in [0.3, 0.4) is 0 Å². The Morgan fingerprint density at radius 2 is 2.04 bits per heavy atom. The molecule has 1 spiro atoms. The van der Waals surface area contributed by atoms with E-state index < -0.39 is 0 Å². The molecule has 0 saturated carbocycles. The molecular formula is C18H25N3O2. The van der Waals surface area contributed by atoms with Crippen LogP contribution in [0.15, 0.2) is 18.5 Å². The average molecular weight is 315 g/mol. The number of piperidine rings is 1. The van der Waals surface area contributed by atoms with Gasteiger partial charge in [-0.1, -0.05) is 6.42 Å². The van der Waals surface area contributed by atoms with E-state index in [0.29, 0.717) is 11.6 Å². The molecule has 3 saturated heterocycles. The second-order valence-corrected chi connectivity index (χ2v) is 7.36. The van der Waals surface area contributed by atoms with Gasteiger partial charge >= 0.3 is 0 Å². The van der Waals surface area contributed by atoms with E-state index in [1.54, 1.807) is 12.4 Å². The first-order chi connectivity index (χ1) is 11.2. The third-order valence-electron chi connectivity index (χ3n) is 5.46. The molecule has 1 atom stereocenters. The van der Waals surface area contributed by atoms with E-state index in [4.69, 9.17) is 4.74 Å². The van der Waals surface area contributed by atoms with E-state index in [1.807, 2.05) is 17.9 Å². The zero-order chi connectivity index (χ0) is 15.9. The Hall–Kier alpha value is -1.46. The highest BCUT2D eigenvalue weighted by Gasteiger charge is 2.52. The van der Waals surface area contributed by atoms with E-state index in [2.05, 4.69) is 9.88 Å². The number of amides is 1. The molecule has 0 N–H and O–H groups in total. The van der Waals surface area contributed by atoms with Crippen LogP contribution in [0.4, 0.5) is 0 Å². The molecule has 0 aromatic carbocycles. The lowest BCUT2D eigenvalue weighted by Crippen LogP contribution is -2.63. The normalized spacial score (nSPS) is 27.2. The van der Waals surface area contributed by atoms with Crippen LogP contribution in [0.1, 0.15) is 41.6 Å². The van der Waals surface area contributed by atoms with Gasteiger partial charge in [-0.2, -0.15) is 0 Å². The Morgan fingerprint density at radius 3 is 2.78 bits per heavy atom. The number of pyridine rings is 1. The predicted octanol–water partition coefficient (Wildman–Crippen LogP) is 1.86. The minimum atomic E-state index is -0.0883. The van der Waals surface area contributed by atoms with Crippen molar-refractivity contribution in [3.63, 3.8) is 0 Å². The summed E-state index contributed by atoms with van der Waals surface area (Å²) in [7, 11) is 0. The molecular weight excluding hydrogens is 290 g/mol. The Kier molecular flexibility index (Phi) is 3.85. The number of carbonyl (C=O) groups excluding carboxylic acids is 1. The highest BCUT2D eigenvalue weighted by Crippen LogP contribution is 2.38. The minimum absolute atomic E-state index is 0.0804. The van der Waals surface area contributed by atoms with Crippen LogP contribution in [0.25, 0.3) is 0 Å². The smallest absolute Gasteiger partial charge is 0.255 e. The van der Waals surface area contributed by atoms with Crippen molar-refractivity contribution < 1.29 is 9.53 Å². The van der Waals surface area contributed by atoms with Crippen molar-refractivity contribution in [2.75, 3.05) is 32.8 Å². The van der Waals surface area contributed by atoms with Gasteiger partial charge in [-0.05, 0) is 50.9 Å². The van der Waals surface area contributed by atoms with Crippen molar-refractivity contribution in [2.24, 2.45) is 0 Å². The SMILES string of the molecule is Cc1cncc(C(=O)N2CC3(CC(N4CCCCC4)CO3)C2)c1. The Labute approximate surface area is 137 Å². The number of nitrogens with zero attached hydrogens (tertiary/aromatic N) is 3. The molecule has 3 aliphatic heterocycles. The lowest BCUT2D eigenvalue weighted by Gasteiger charge is -2.47. The molecule has 4 rings (SSSR count). The molecule has 23 heavy (non-hydrogen) atoms. The molecule has 1 aromatic rings. The molecule has 5 nitrogen and oxygen atoms in total. The number of rotatable bonds is 2. The lowest BCUT2D eigenvalue weighted by atomic mass is 9.88. The zero-order valence-electron chi connectivity index (χ0n) is 13.8. The van der Waals surface area contributed by atoms with Gasteiger partial charge in [-0.15, -0.1) is 0 Å². The van der Waals surface area contributed by atoms with Gasteiger partial charge in [0.05, 0.1) is 25.3 Å². The summed E-state index contributed by atoms with van der Waals surface area (Å²) in [5.41, 5.74) is 1.62. The van der Waals surface area contributed by atoms with E-state index in [0.717, 1.165) is 31.7 Å². The molecule has 0 radical (unpaired) electrons. The summed E-state index contributed by atoms with van der Waals surface area (Å²) >= 11 is 0. The first kappa shape index (κ1) is 15.1. The maximum Gasteiger partial charge on any atom is 0.255 e. The van der Waals surface area contributed by atoms with Crippen molar-refractivity contribution >= 4 is 5.91 Å². The quantitative estimate of drug-likeness (QED) is 0.836. The van der Waals surface area contributed by atoms with Crippen LogP contribution < -0.4 is 0 Å². The van der Waals surface area contributed by atoms with Gasteiger partial charge in [-0.3, -0.25) is 14.7 Å². The molecule has 3 fully saturated rings. The fraction of sp³-hybridized carbons (Fsp3) is 0.667. The monoisotopic (exact) mass is 315 g/mol. The summed E-state index contributed by atoms with van der Waals surface area (Å²) in [6.07, 6.45) is 8.50. The third kappa shape index (κ3) is 2.88. The van der Waals surface area contributed by atoms with Gasteiger partial charge in [0, 0.05) is 18.4 Å². The number of carbonyl (C=O) groups is 1. The van der Waals surface area contributed by atoms with Gasteiger partial charge in [0.1, 0.15) is 5.60 Å². The first-order valence-corrected chi connectivity index (χ1v) is 8.74. The number of aromatic nitrogens is 1. The number of ether oxygens (including phenoxy) is 1. The largest absolute Gasteiger partial charge is 0.370 e. The highest BCUT2D eigenvalue weighted by molar-refractivity contribution is 5.94. The molecule has 1 aromatic heterocycles. The van der Waals surface area contributed by atoms with Crippen LogP contribution in [0.2, 0.25) is 0 Å². The maximum atomic E-state index is 12.5. The topological polar surface area (TPSA) is 45.7 Å². The van der Waals surface area contributed by atoms with Crippen molar-refractivity contribution in [1.82, 2.24) is 14.8 Å². The lowest BCUT2D eigenvalue weighted by molar-refractivity contribution is -0.0951. The average Bonchev–Trinajstić information content (AvgIpc) is 2.99. The number of likely N-dealkylation sites (tertiary alicyclic amines) is 2. The van der Waals surface area contributed by atoms with Crippen molar-refractivity contribution in [3.8, 4) is 0 Å². The summed E-state index contributed by atoms with van der Waals surface area (Å²) in [6.45, 7) is 6.66. The van der Waals surface area contributed by atoms with Crippen molar-refractivity contribution in [3.05, 3.63) is 29.6 Å². The number of hydrogen-bond donors (Lipinski definition) is 0. The van der Waals surface area contributed by atoms with Gasteiger partial charge in [0.15, 0.2) is 0 Å². The Bertz CT molecular complexity index is 592. The number of aryl methyl sites for hydroxylation is 1. The summed E-state index contributed by atoms with van der Waals surface area (Å²) in [5, 5.41) is 0. The fourth-order valence-corrected chi connectivity index (χ4v) is 4.21. The van der Waals surface area contributed by atoms with Gasteiger partial charge in [-0.25, -0.2) is 0 Å². The standard InChI is InChI=1S/C18H25N3O2/c1-14-7-15(10-19-9-14)17(22)21-12-18(13-21)8-16(11-23-18)20-5-3-2-4-6-20/h7,9-10,16H,2-6,8,11-13H2,1H3. The summed E-state index contributed by atoms with van der Waals surface area (Å²) in [4.78, 5) is 21.1. The second-order valence-electron chi connectivity index (χ2n) is 7.36. The van der Waals surface area contributed by atoms with Crippen LogP contribution >= 0.6 is 0 Å². The van der Waals surface area contributed by atoms with Crippen molar-refractivity contribution in [1.29, 1.82) is 0 Å². The van der Waals surface area contributed by atoms with Crippen LogP contribution in [0, 0.1) is 6.92 Å². The Morgan fingerprint density at radius 1 is 1.26 bits per heavy atom. The molecule has 0 bridgehead atoms. The van der Waals surface area contributed by atoms with E-state index in [1.165, 1.54) is 32.4 Å². The van der Waals surface area contributed by atoms with Crippen LogP contribution in [-0.2, 0) is 4.74 Å². The third-order valence-corrected chi connectivity index (χ3v) is 5.46. The predicted molar refractivity (Wildman–Crippen MR) is 87.4 cm³/mol.